The van der Waals surface area contributed by atoms with Gasteiger partial charge in [-0.3, -0.25) is 0 Å². The number of rotatable bonds is 1. The van der Waals surface area contributed by atoms with Crippen LogP contribution in [0.1, 0.15) is 0 Å². The maximum Gasteiger partial charge on any atom is 0.178 e. The first-order valence-corrected chi connectivity index (χ1v) is 6.06. The van der Waals surface area contributed by atoms with Crippen LogP contribution in [0.5, 0.6) is 0 Å². The lowest BCUT2D eigenvalue weighted by Crippen LogP contribution is -1.75. The number of hydrogen-bond donors (Lipinski definition) is 1. The van der Waals surface area contributed by atoms with E-state index in [9.17, 15) is 0 Å². The van der Waals surface area contributed by atoms with Gasteiger partial charge in [0.05, 0.1) is 10.4 Å². The number of halogens is 1. The van der Waals surface area contributed by atoms with Gasteiger partial charge in [0, 0.05) is 10.7 Å². The molecule has 0 unspecified atom stereocenters. The zero-order chi connectivity index (χ0) is 10.3. The van der Waals surface area contributed by atoms with Crippen LogP contribution in [0, 0.1) is 0 Å². The average Bonchev–Trinajstić information content (AvgIpc) is 2.82. The van der Waals surface area contributed by atoms with E-state index >= 15 is 0 Å². The molecule has 0 bridgehead atoms. The molecule has 3 nitrogen and oxygen atoms in total. The van der Waals surface area contributed by atoms with Crippen molar-refractivity contribution in [2.75, 3.05) is 0 Å². The summed E-state index contributed by atoms with van der Waals surface area (Å²) in [6, 6.07) is 5.88. The van der Waals surface area contributed by atoms with Gasteiger partial charge in [-0.2, -0.15) is 0 Å². The third kappa shape index (κ3) is 1.48. The predicted octanol–water partition coefficient (Wildman–Crippen LogP) is 3.45. The molecule has 3 rings (SSSR count). The van der Waals surface area contributed by atoms with E-state index in [0.29, 0.717) is 0 Å². The number of nitrogens with zero attached hydrogens (tertiary/aromatic N) is 2. The van der Waals surface area contributed by atoms with Gasteiger partial charge < -0.3 is 4.98 Å². The first-order valence-electron chi connectivity index (χ1n) is 4.39. The Morgan fingerprint density at radius 1 is 1.33 bits per heavy atom. The van der Waals surface area contributed by atoms with E-state index in [1.807, 2.05) is 23.6 Å². The van der Waals surface area contributed by atoms with Crippen LogP contribution in [0.25, 0.3) is 21.9 Å². The van der Waals surface area contributed by atoms with Crippen LogP contribution < -0.4 is 0 Å². The zero-order valence-corrected chi connectivity index (χ0v) is 9.97. The van der Waals surface area contributed by atoms with E-state index in [0.717, 1.165) is 26.3 Å². The van der Waals surface area contributed by atoms with Crippen molar-refractivity contribution in [2.24, 2.45) is 0 Å². The SMILES string of the molecule is Brc1ccsc1-c1nc2ncccc2[nH]1. The molecule has 0 aliphatic rings. The Balaban J connectivity index is 2.24. The fourth-order valence-electron chi connectivity index (χ4n) is 1.42. The second-order valence-electron chi connectivity index (χ2n) is 3.06. The van der Waals surface area contributed by atoms with Crippen molar-refractivity contribution in [2.45, 2.75) is 0 Å². The van der Waals surface area contributed by atoms with E-state index in [1.165, 1.54) is 0 Å². The number of aromatic nitrogens is 3. The molecule has 0 aliphatic carbocycles. The molecular formula is C10H6BrN3S. The van der Waals surface area contributed by atoms with Crippen molar-refractivity contribution >= 4 is 38.4 Å². The summed E-state index contributed by atoms with van der Waals surface area (Å²) in [5.41, 5.74) is 1.72. The Labute approximate surface area is 98.3 Å². The van der Waals surface area contributed by atoms with Gasteiger partial charge >= 0.3 is 0 Å². The largest absolute Gasteiger partial charge is 0.336 e. The standard InChI is InChI=1S/C10H6BrN3S/c11-6-3-5-15-8(6)10-13-7-2-1-4-12-9(7)14-10/h1-5H,(H,12,13,14). The van der Waals surface area contributed by atoms with Gasteiger partial charge in [0.1, 0.15) is 0 Å². The highest BCUT2D eigenvalue weighted by molar-refractivity contribution is 9.10. The molecule has 3 heterocycles. The van der Waals surface area contributed by atoms with E-state index in [1.54, 1.807) is 17.5 Å². The van der Waals surface area contributed by atoms with Crippen LogP contribution in [0.2, 0.25) is 0 Å². The maximum absolute atomic E-state index is 4.43. The van der Waals surface area contributed by atoms with Gasteiger partial charge in [0.15, 0.2) is 11.5 Å². The van der Waals surface area contributed by atoms with E-state index < -0.39 is 0 Å². The molecule has 0 saturated carbocycles. The Bertz CT molecular complexity index is 581. The lowest BCUT2D eigenvalue weighted by Gasteiger charge is -1.90. The first kappa shape index (κ1) is 9.06. The van der Waals surface area contributed by atoms with Crippen LogP contribution >= 0.6 is 27.3 Å². The minimum absolute atomic E-state index is 0.757. The first-order chi connectivity index (χ1) is 7.34. The van der Waals surface area contributed by atoms with Crippen LogP contribution in [0.3, 0.4) is 0 Å². The fraction of sp³-hybridized carbons (Fsp3) is 0. The van der Waals surface area contributed by atoms with Crippen molar-refractivity contribution < 1.29 is 0 Å². The van der Waals surface area contributed by atoms with Crippen molar-refractivity contribution in [3.8, 4) is 10.7 Å². The Morgan fingerprint density at radius 3 is 3.00 bits per heavy atom. The predicted molar refractivity (Wildman–Crippen MR) is 64.9 cm³/mol. The third-order valence-electron chi connectivity index (χ3n) is 2.09. The van der Waals surface area contributed by atoms with Gasteiger partial charge in [0.25, 0.3) is 0 Å². The normalized spacial score (nSPS) is 11.0. The summed E-state index contributed by atoms with van der Waals surface area (Å²) < 4.78 is 1.06. The second-order valence-corrected chi connectivity index (χ2v) is 4.83. The molecule has 0 amide bonds. The van der Waals surface area contributed by atoms with Crippen molar-refractivity contribution in [3.05, 3.63) is 34.2 Å². The monoisotopic (exact) mass is 279 g/mol. The Kier molecular flexibility index (Phi) is 2.07. The van der Waals surface area contributed by atoms with Crippen molar-refractivity contribution in [1.82, 2.24) is 15.0 Å². The number of pyridine rings is 1. The van der Waals surface area contributed by atoms with Crippen molar-refractivity contribution in [3.63, 3.8) is 0 Å². The summed E-state index contributed by atoms with van der Waals surface area (Å²) in [7, 11) is 0. The van der Waals surface area contributed by atoms with Gasteiger partial charge in [-0.1, -0.05) is 0 Å². The van der Waals surface area contributed by atoms with Gasteiger partial charge in [0.2, 0.25) is 0 Å². The highest BCUT2D eigenvalue weighted by Crippen LogP contribution is 2.32. The summed E-state index contributed by atoms with van der Waals surface area (Å²) in [6.45, 7) is 0. The third-order valence-corrected chi connectivity index (χ3v) is 3.93. The summed E-state index contributed by atoms with van der Waals surface area (Å²) in [5, 5.41) is 2.03. The molecule has 1 N–H and O–H groups in total. The number of H-pyrrole nitrogens is 1. The average molecular weight is 280 g/mol. The molecule has 3 aromatic heterocycles. The smallest absolute Gasteiger partial charge is 0.178 e. The number of nitrogens with one attached hydrogen (secondary N) is 1. The minimum atomic E-state index is 0.757. The minimum Gasteiger partial charge on any atom is -0.336 e. The number of hydrogen-bond acceptors (Lipinski definition) is 3. The van der Waals surface area contributed by atoms with E-state index in [2.05, 4.69) is 30.9 Å². The molecule has 0 aromatic carbocycles. The molecule has 0 aliphatic heterocycles. The molecule has 74 valence electrons. The van der Waals surface area contributed by atoms with Crippen LogP contribution in [0.15, 0.2) is 34.2 Å². The quantitative estimate of drug-likeness (QED) is 0.741. The highest BCUT2D eigenvalue weighted by atomic mass is 79.9. The summed E-state index contributed by atoms with van der Waals surface area (Å²) in [5.74, 6) is 0.866. The fourth-order valence-corrected chi connectivity index (χ4v) is 2.92. The van der Waals surface area contributed by atoms with Gasteiger partial charge in [-0.15, -0.1) is 11.3 Å². The summed E-state index contributed by atoms with van der Waals surface area (Å²) >= 11 is 5.14. The summed E-state index contributed by atoms with van der Waals surface area (Å²) in [4.78, 5) is 13.0. The molecule has 15 heavy (non-hydrogen) atoms. The van der Waals surface area contributed by atoms with Crippen LogP contribution in [-0.2, 0) is 0 Å². The van der Waals surface area contributed by atoms with Gasteiger partial charge in [-0.05, 0) is 39.5 Å². The highest BCUT2D eigenvalue weighted by Gasteiger charge is 2.09. The summed E-state index contributed by atoms with van der Waals surface area (Å²) in [6.07, 6.45) is 1.75. The number of thiophene rings is 1. The zero-order valence-electron chi connectivity index (χ0n) is 7.57. The molecule has 5 heteroatoms. The molecule has 3 aromatic rings. The molecule has 0 radical (unpaired) electrons. The van der Waals surface area contributed by atoms with E-state index in [-0.39, 0.29) is 0 Å². The van der Waals surface area contributed by atoms with Gasteiger partial charge in [-0.25, -0.2) is 9.97 Å². The lowest BCUT2D eigenvalue weighted by atomic mass is 10.4. The number of aromatic amines is 1. The van der Waals surface area contributed by atoms with Crippen molar-refractivity contribution in [1.29, 1.82) is 0 Å². The maximum atomic E-state index is 4.43. The topological polar surface area (TPSA) is 41.6 Å². The molecule has 0 saturated heterocycles. The molecular weight excluding hydrogens is 274 g/mol. The Morgan fingerprint density at radius 2 is 2.27 bits per heavy atom. The molecule has 0 spiro atoms. The second kappa shape index (κ2) is 3.43. The Hall–Kier alpha value is -1.20. The van der Waals surface area contributed by atoms with E-state index in [4.69, 9.17) is 0 Å². The van der Waals surface area contributed by atoms with Crippen LogP contribution in [0.4, 0.5) is 0 Å². The molecule has 0 fully saturated rings. The number of fused-ring (bicyclic) bond motifs is 1. The lowest BCUT2D eigenvalue weighted by molar-refractivity contribution is 1.31. The van der Waals surface area contributed by atoms with Crippen LogP contribution in [-0.4, -0.2) is 15.0 Å². The molecule has 0 atom stereocenters. The number of imidazole rings is 1.